The zero-order chi connectivity index (χ0) is 27.7. The lowest BCUT2D eigenvalue weighted by atomic mass is 9.57. The van der Waals surface area contributed by atoms with Crippen LogP contribution in [-0.4, -0.2) is 37.2 Å². The average Bonchev–Trinajstić information content (AvgIpc) is 3.68. The van der Waals surface area contributed by atoms with Gasteiger partial charge in [0.25, 0.3) is 5.91 Å². The third-order valence-electron chi connectivity index (χ3n) is 9.00. The van der Waals surface area contributed by atoms with Gasteiger partial charge in [0.1, 0.15) is 17.8 Å². The van der Waals surface area contributed by atoms with Gasteiger partial charge in [-0.2, -0.15) is 5.26 Å². The molecule has 0 aliphatic heterocycles. The molecule has 0 atom stereocenters. The second-order valence-electron chi connectivity index (χ2n) is 12.1. The third-order valence-corrected chi connectivity index (χ3v) is 9.00. The van der Waals surface area contributed by atoms with Crippen LogP contribution in [0.3, 0.4) is 0 Å². The Hall–Kier alpha value is -4.03. The number of pyridine rings is 1. The largest absolute Gasteiger partial charge is 0.360 e. The van der Waals surface area contributed by atoms with Crippen LogP contribution in [-0.2, 0) is 25.4 Å². The van der Waals surface area contributed by atoms with Crippen LogP contribution in [0.4, 0.5) is 5.69 Å². The van der Waals surface area contributed by atoms with E-state index in [9.17, 15) is 10.1 Å². The number of nitrogens with zero attached hydrogens (tertiary/aromatic N) is 5. The molecule has 40 heavy (non-hydrogen) atoms. The Morgan fingerprint density at radius 3 is 2.80 bits per heavy atom. The van der Waals surface area contributed by atoms with E-state index >= 15 is 0 Å². The lowest BCUT2D eigenvalue weighted by Crippen LogP contribution is -2.43. The summed E-state index contributed by atoms with van der Waals surface area (Å²) in [4.78, 5) is 21.4. The maximum Gasteiger partial charge on any atom is 0.274 e. The molecular weight excluding hydrogens is 500 g/mol. The molecule has 2 fully saturated rings. The molecular formula is C31H36N8O. The number of aromatic amines is 1. The van der Waals surface area contributed by atoms with Gasteiger partial charge in [0.05, 0.1) is 17.1 Å². The van der Waals surface area contributed by atoms with Crippen molar-refractivity contribution in [1.29, 1.82) is 5.26 Å². The van der Waals surface area contributed by atoms with Gasteiger partial charge in [0.2, 0.25) is 0 Å². The Kier molecular flexibility index (Phi) is 6.88. The number of carbonyl (C=O) groups is 1. The average molecular weight is 537 g/mol. The molecule has 2 saturated carbocycles. The topological polar surface area (TPSA) is 124 Å². The highest BCUT2D eigenvalue weighted by Gasteiger charge is 2.46. The number of anilines is 1. The summed E-state index contributed by atoms with van der Waals surface area (Å²) in [6.45, 7) is 4.00. The van der Waals surface area contributed by atoms with E-state index in [4.69, 9.17) is 0 Å². The van der Waals surface area contributed by atoms with Gasteiger partial charge in [-0.3, -0.25) is 4.79 Å². The van der Waals surface area contributed by atoms with Crippen LogP contribution in [0.15, 0.2) is 48.9 Å². The van der Waals surface area contributed by atoms with Crippen LogP contribution in [0.2, 0.25) is 0 Å². The zero-order valence-electron chi connectivity index (χ0n) is 23.2. The number of H-pyrrole nitrogens is 1. The lowest BCUT2D eigenvalue weighted by Gasteiger charge is -2.45. The van der Waals surface area contributed by atoms with Crippen molar-refractivity contribution in [2.45, 2.75) is 63.8 Å². The predicted octanol–water partition coefficient (Wildman–Crippen LogP) is 5.03. The number of aryl methyl sites for hydroxylation is 1. The SMILES string of the molecule is Cn1cnnc1CC1(c2cccc(NC(=O)c3cc(CNCC4(C)CCCC4)c4[nH]ccc4n3)c2)CC(C#N)C1. The standard InChI is InChI=1S/C31H36N8O/c1-30(9-3-4-10-30)19-33-18-22-12-26(37-25-8-11-34-28(22)25)29(40)36-24-7-5-6-23(13-24)31(14-21(15-31)17-32)16-27-38-35-20-39(27)2/h5-8,11-13,20-21,33-34H,3-4,9-10,14-16,18-19H2,1-2H3,(H,36,40). The molecule has 3 heterocycles. The molecule has 206 valence electrons. The van der Waals surface area contributed by atoms with E-state index in [1.807, 2.05) is 48.1 Å². The second-order valence-corrected chi connectivity index (χ2v) is 12.1. The van der Waals surface area contributed by atoms with Crippen molar-refractivity contribution in [3.63, 3.8) is 0 Å². The number of aromatic nitrogens is 5. The van der Waals surface area contributed by atoms with Crippen molar-refractivity contribution >= 4 is 22.6 Å². The Morgan fingerprint density at radius 2 is 2.05 bits per heavy atom. The van der Waals surface area contributed by atoms with E-state index in [0.29, 0.717) is 29.8 Å². The Labute approximate surface area is 234 Å². The molecule has 2 aliphatic rings. The van der Waals surface area contributed by atoms with Gasteiger partial charge in [-0.05, 0) is 66.5 Å². The number of fused-ring (bicyclic) bond motifs is 1. The van der Waals surface area contributed by atoms with Crippen molar-refractivity contribution in [2.24, 2.45) is 18.4 Å². The van der Waals surface area contributed by atoms with Gasteiger partial charge >= 0.3 is 0 Å². The number of nitrogens with one attached hydrogen (secondary N) is 3. The molecule has 1 aromatic carbocycles. The summed E-state index contributed by atoms with van der Waals surface area (Å²) >= 11 is 0. The minimum absolute atomic E-state index is 0.0204. The summed E-state index contributed by atoms with van der Waals surface area (Å²) in [7, 11) is 1.94. The first kappa shape index (κ1) is 26.2. The summed E-state index contributed by atoms with van der Waals surface area (Å²) < 4.78 is 1.93. The van der Waals surface area contributed by atoms with Crippen molar-refractivity contribution in [2.75, 3.05) is 11.9 Å². The molecule has 4 aromatic rings. The highest BCUT2D eigenvalue weighted by Crippen LogP contribution is 2.50. The number of hydrogen-bond donors (Lipinski definition) is 3. The normalized spacial score (nSPS) is 21.7. The highest BCUT2D eigenvalue weighted by molar-refractivity contribution is 6.04. The number of hydrogen-bond acceptors (Lipinski definition) is 6. The van der Waals surface area contributed by atoms with E-state index in [1.165, 1.54) is 25.7 Å². The first-order chi connectivity index (χ1) is 19.4. The molecule has 6 rings (SSSR count). The summed E-state index contributed by atoms with van der Waals surface area (Å²) in [5, 5.41) is 24.5. The van der Waals surface area contributed by atoms with Gasteiger partial charge in [0.15, 0.2) is 0 Å². The molecule has 2 aliphatic carbocycles. The van der Waals surface area contributed by atoms with Crippen molar-refractivity contribution in [1.82, 2.24) is 30.0 Å². The van der Waals surface area contributed by atoms with Crippen molar-refractivity contribution < 1.29 is 4.79 Å². The van der Waals surface area contributed by atoms with E-state index in [1.54, 1.807) is 6.33 Å². The molecule has 9 nitrogen and oxygen atoms in total. The maximum atomic E-state index is 13.4. The van der Waals surface area contributed by atoms with Gasteiger partial charge < -0.3 is 20.2 Å². The summed E-state index contributed by atoms with van der Waals surface area (Å²) in [6, 6.07) is 14.2. The van der Waals surface area contributed by atoms with Gasteiger partial charge in [-0.15, -0.1) is 10.2 Å². The molecule has 0 saturated heterocycles. The van der Waals surface area contributed by atoms with E-state index in [0.717, 1.165) is 47.4 Å². The predicted molar refractivity (Wildman–Crippen MR) is 153 cm³/mol. The van der Waals surface area contributed by atoms with Crippen LogP contribution >= 0.6 is 0 Å². The number of amides is 1. The number of rotatable bonds is 9. The molecule has 9 heteroatoms. The molecule has 0 bridgehead atoms. The Morgan fingerprint density at radius 1 is 1.23 bits per heavy atom. The molecule has 0 spiro atoms. The van der Waals surface area contributed by atoms with Crippen molar-refractivity contribution in [3.05, 3.63) is 71.6 Å². The Bertz CT molecular complexity index is 1570. The van der Waals surface area contributed by atoms with E-state index in [2.05, 4.69) is 49.9 Å². The van der Waals surface area contributed by atoms with Crippen LogP contribution in [0, 0.1) is 22.7 Å². The fourth-order valence-electron chi connectivity index (χ4n) is 6.62. The maximum absolute atomic E-state index is 13.4. The minimum Gasteiger partial charge on any atom is -0.360 e. The van der Waals surface area contributed by atoms with E-state index in [-0.39, 0.29) is 17.2 Å². The van der Waals surface area contributed by atoms with E-state index < -0.39 is 0 Å². The number of carbonyl (C=O) groups excluding carboxylic acids is 1. The fraction of sp³-hybridized carbons (Fsp3) is 0.452. The number of benzene rings is 1. The molecule has 1 amide bonds. The highest BCUT2D eigenvalue weighted by atomic mass is 16.1. The quantitative estimate of drug-likeness (QED) is 0.276. The summed E-state index contributed by atoms with van der Waals surface area (Å²) in [5.74, 6) is 0.667. The Balaban J connectivity index is 1.20. The van der Waals surface area contributed by atoms with Gasteiger partial charge in [-0.25, -0.2) is 4.98 Å². The first-order valence-corrected chi connectivity index (χ1v) is 14.2. The number of nitriles is 1. The van der Waals surface area contributed by atoms with Crippen LogP contribution in [0.1, 0.15) is 72.9 Å². The fourth-order valence-corrected chi connectivity index (χ4v) is 6.62. The molecule has 3 N–H and O–H groups in total. The smallest absolute Gasteiger partial charge is 0.274 e. The minimum atomic E-state index is -0.241. The third kappa shape index (κ3) is 5.11. The molecule has 0 unspecified atom stereocenters. The van der Waals surface area contributed by atoms with Crippen LogP contribution in [0.5, 0.6) is 0 Å². The van der Waals surface area contributed by atoms with Crippen molar-refractivity contribution in [3.8, 4) is 6.07 Å². The summed E-state index contributed by atoms with van der Waals surface area (Å²) in [6.07, 6.45) is 10.9. The monoisotopic (exact) mass is 536 g/mol. The van der Waals surface area contributed by atoms with Gasteiger partial charge in [0, 0.05) is 49.8 Å². The molecule has 0 radical (unpaired) electrons. The van der Waals surface area contributed by atoms with Gasteiger partial charge in [-0.1, -0.05) is 31.9 Å². The lowest BCUT2D eigenvalue weighted by molar-refractivity contribution is 0.102. The zero-order valence-corrected chi connectivity index (χ0v) is 23.2. The van der Waals surface area contributed by atoms with Crippen LogP contribution in [0.25, 0.3) is 11.0 Å². The molecule has 3 aromatic heterocycles. The summed E-state index contributed by atoms with van der Waals surface area (Å²) in [5.41, 5.74) is 5.13. The first-order valence-electron chi connectivity index (χ1n) is 14.2. The second kappa shape index (κ2) is 10.5. The van der Waals surface area contributed by atoms with Crippen LogP contribution < -0.4 is 10.6 Å².